The lowest BCUT2D eigenvalue weighted by Gasteiger charge is -2.37. The van der Waals surface area contributed by atoms with Crippen LogP contribution in [-0.2, 0) is 4.74 Å². The Hall–Kier alpha value is -2.24. The highest BCUT2D eigenvalue weighted by molar-refractivity contribution is 5.87. The molecular formula is C21H30N2O4. The van der Waals surface area contributed by atoms with E-state index >= 15 is 0 Å². The van der Waals surface area contributed by atoms with Gasteiger partial charge < -0.3 is 19.7 Å². The Balaban J connectivity index is 1.73. The summed E-state index contributed by atoms with van der Waals surface area (Å²) >= 11 is 0. The average molecular weight is 374 g/mol. The Morgan fingerprint density at radius 1 is 1.22 bits per heavy atom. The second-order valence-electron chi connectivity index (χ2n) is 8.41. The van der Waals surface area contributed by atoms with Crippen LogP contribution in [0.4, 0.5) is 10.5 Å². The first-order valence-corrected chi connectivity index (χ1v) is 9.85. The van der Waals surface area contributed by atoms with Crippen LogP contribution in [-0.4, -0.2) is 43.2 Å². The average Bonchev–Trinajstić information content (AvgIpc) is 2.56. The van der Waals surface area contributed by atoms with Gasteiger partial charge in [0.25, 0.3) is 0 Å². The van der Waals surface area contributed by atoms with Crippen LogP contribution in [0.3, 0.4) is 0 Å². The zero-order valence-electron chi connectivity index (χ0n) is 16.5. The highest BCUT2D eigenvalue weighted by atomic mass is 16.6. The molecule has 1 saturated heterocycles. The number of nitrogens with one attached hydrogen (secondary N) is 1. The van der Waals surface area contributed by atoms with E-state index in [0.29, 0.717) is 12.1 Å². The van der Waals surface area contributed by atoms with Gasteiger partial charge in [-0.05, 0) is 65.0 Å². The van der Waals surface area contributed by atoms with Crippen molar-refractivity contribution in [1.82, 2.24) is 5.32 Å². The van der Waals surface area contributed by atoms with Crippen molar-refractivity contribution in [3.63, 3.8) is 0 Å². The second-order valence-corrected chi connectivity index (χ2v) is 8.41. The van der Waals surface area contributed by atoms with Gasteiger partial charge in [0.2, 0.25) is 0 Å². The minimum absolute atomic E-state index is 0.0233. The van der Waals surface area contributed by atoms with Crippen LogP contribution in [0.1, 0.15) is 63.2 Å². The Bertz CT molecular complexity index is 679. The van der Waals surface area contributed by atoms with Crippen molar-refractivity contribution >= 4 is 18.1 Å². The van der Waals surface area contributed by atoms with Gasteiger partial charge in [0.05, 0.1) is 11.8 Å². The van der Waals surface area contributed by atoms with Crippen LogP contribution in [0.25, 0.3) is 0 Å². The van der Waals surface area contributed by atoms with Crippen molar-refractivity contribution in [2.24, 2.45) is 0 Å². The SMILES string of the molecule is CC(C)(C)OC(=O)N[C@@H]1CCCN(c2c(C=O)cccc2OC2CCC2)C1. The molecule has 6 heteroatoms. The van der Waals surface area contributed by atoms with E-state index in [2.05, 4.69) is 10.2 Å². The molecule has 1 amide bonds. The van der Waals surface area contributed by atoms with Crippen LogP contribution >= 0.6 is 0 Å². The van der Waals surface area contributed by atoms with Crippen LogP contribution < -0.4 is 15.0 Å². The third-order valence-electron chi connectivity index (χ3n) is 4.96. The Labute approximate surface area is 161 Å². The molecule has 1 aliphatic heterocycles. The van der Waals surface area contributed by atoms with Crippen molar-refractivity contribution < 1.29 is 19.1 Å². The smallest absolute Gasteiger partial charge is 0.407 e. The molecule has 1 aliphatic carbocycles. The highest BCUT2D eigenvalue weighted by Gasteiger charge is 2.28. The van der Waals surface area contributed by atoms with Crippen molar-refractivity contribution in [2.75, 3.05) is 18.0 Å². The van der Waals surface area contributed by atoms with Gasteiger partial charge in [-0.1, -0.05) is 6.07 Å². The molecule has 0 aromatic heterocycles. The number of benzene rings is 1. The Morgan fingerprint density at radius 2 is 2.00 bits per heavy atom. The van der Waals surface area contributed by atoms with E-state index in [4.69, 9.17) is 9.47 Å². The number of ether oxygens (including phenoxy) is 2. The minimum Gasteiger partial charge on any atom is -0.488 e. The molecule has 2 aliphatic rings. The Kier molecular flexibility index (Phi) is 5.92. The lowest BCUT2D eigenvalue weighted by molar-refractivity contribution is 0.0499. The van der Waals surface area contributed by atoms with E-state index in [1.54, 1.807) is 0 Å². The molecule has 0 unspecified atom stereocenters. The molecular weight excluding hydrogens is 344 g/mol. The number of para-hydroxylation sites is 1. The topological polar surface area (TPSA) is 67.9 Å². The summed E-state index contributed by atoms with van der Waals surface area (Å²) in [7, 11) is 0. The lowest BCUT2D eigenvalue weighted by atomic mass is 9.96. The van der Waals surface area contributed by atoms with Gasteiger partial charge in [-0.3, -0.25) is 4.79 Å². The quantitative estimate of drug-likeness (QED) is 0.791. The molecule has 0 radical (unpaired) electrons. The molecule has 3 rings (SSSR count). The number of piperidine rings is 1. The molecule has 1 N–H and O–H groups in total. The fourth-order valence-electron chi connectivity index (χ4n) is 3.51. The van der Waals surface area contributed by atoms with E-state index in [1.165, 1.54) is 6.42 Å². The highest BCUT2D eigenvalue weighted by Crippen LogP contribution is 2.36. The molecule has 2 fully saturated rings. The van der Waals surface area contributed by atoms with Gasteiger partial charge in [-0.2, -0.15) is 0 Å². The van der Waals surface area contributed by atoms with E-state index in [1.807, 2.05) is 39.0 Å². The second kappa shape index (κ2) is 8.19. The number of carbonyl (C=O) groups excluding carboxylic acids is 2. The number of alkyl carbamates (subject to hydrolysis) is 1. The summed E-state index contributed by atoms with van der Waals surface area (Å²) in [6.45, 7) is 7.02. The van der Waals surface area contributed by atoms with Gasteiger partial charge in [-0.25, -0.2) is 4.79 Å². The number of aldehydes is 1. The van der Waals surface area contributed by atoms with Gasteiger partial charge in [0, 0.05) is 24.7 Å². The summed E-state index contributed by atoms with van der Waals surface area (Å²) in [4.78, 5) is 25.9. The van der Waals surface area contributed by atoms with Crippen LogP contribution in [0, 0.1) is 0 Å². The number of rotatable bonds is 5. The van der Waals surface area contributed by atoms with Crippen LogP contribution in [0.5, 0.6) is 5.75 Å². The van der Waals surface area contributed by atoms with Crippen molar-refractivity contribution in [3.05, 3.63) is 23.8 Å². The standard InChI is InChI=1S/C21H30N2O4/c1-21(2,3)27-20(25)22-16-8-6-12-23(13-16)19-15(14-24)7-4-11-18(19)26-17-9-5-10-17/h4,7,11,14,16-17H,5-6,8-10,12-13H2,1-3H3,(H,22,25)/t16-/m1/s1. The monoisotopic (exact) mass is 374 g/mol. The molecule has 1 aromatic rings. The predicted octanol–water partition coefficient (Wildman–Crippen LogP) is 3.92. The molecule has 148 valence electrons. The first-order valence-electron chi connectivity index (χ1n) is 9.85. The molecule has 1 saturated carbocycles. The maximum Gasteiger partial charge on any atom is 0.407 e. The van der Waals surface area contributed by atoms with Crippen LogP contribution in [0.2, 0.25) is 0 Å². The molecule has 27 heavy (non-hydrogen) atoms. The van der Waals surface area contributed by atoms with Gasteiger partial charge in [-0.15, -0.1) is 0 Å². The summed E-state index contributed by atoms with van der Waals surface area (Å²) in [5.41, 5.74) is 0.951. The van der Waals surface area contributed by atoms with E-state index < -0.39 is 11.7 Å². The molecule has 1 atom stereocenters. The maximum absolute atomic E-state index is 12.1. The Morgan fingerprint density at radius 3 is 2.63 bits per heavy atom. The number of hydrogen-bond donors (Lipinski definition) is 1. The predicted molar refractivity (Wildman–Crippen MR) is 105 cm³/mol. The van der Waals surface area contributed by atoms with E-state index in [-0.39, 0.29) is 12.1 Å². The molecule has 0 bridgehead atoms. The van der Waals surface area contributed by atoms with Crippen LogP contribution in [0.15, 0.2) is 18.2 Å². The third kappa shape index (κ3) is 5.15. The number of carbonyl (C=O) groups is 2. The van der Waals surface area contributed by atoms with Gasteiger partial charge in [0.15, 0.2) is 6.29 Å². The normalized spacial score (nSPS) is 20.6. The minimum atomic E-state index is -0.521. The first kappa shape index (κ1) is 19.5. The number of nitrogens with zero attached hydrogens (tertiary/aromatic N) is 1. The van der Waals surface area contributed by atoms with Crippen molar-refractivity contribution in [2.45, 2.75) is 70.6 Å². The molecule has 6 nitrogen and oxygen atoms in total. The van der Waals surface area contributed by atoms with Gasteiger partial charge in [0.1, 0.15) is 11.4 Å². The fraction of sp³-hybridized carbons (Fsp3) is 0.619. The van der Waals surface area contributed by atoms with E-state index in [0.717, 1.165) is 50.0 Å². The summed E-state index contributed by atoms with van der Waals surface area (Å²) in [6.07, 6.45) is 5.86. The first-order chi connectivity index (χ1) is 12.9. The van der Waals surface area contributed by atoms with Gasteiger partial charge >= 0.3 is 6.09 Å². The third-order valence-corrected chi connectivity index (χ3v) is 4.96. The maximum atomic E-state index is 12.1. The number of anilines is 1. The zero-order valence-corrected chi connectivity index (χ0v) is 16.5. The summed E-state index contributed by atoms with van der Waals surface area (Å²) in [6, 6.07) is 5.60. The summed E-state index contributed by atoms with van der Waals surface area (Å²) < 4.78 is 11.5. The fourth-order valence-corrected chi connectivity index (χ4v) is 3.51. The molecule has 0 spiro atoms. The van der Waals surface area contributed by atoms with Crippen molar-refractivity contribution in [1.29, 1.82) is 0 Å². The zero-order chi connectivity index (χ0) is 19.4. The summed E-state index contributed by atoms with van der Waals surface area (Å²) in [5.74, 6) is 0.766. The molecule has 1 aromatic carbocycles. The number of hydrogen-bond acceptors (Lipinski definition) is 5. The van der Waals surface area contributed by atoms with Crippen molar-refractivity contribution in [3.8, 4) is 5.75 Å². The molecule has 1 heterocycles. The van der Waals surface area contributed by atoms with E-state index in [9.17, 15) is 9.59 Å². The number of amides is 1. The summed E-state index contributed by atoms with van der Waals surface area (Å²) in [5, 5.41) is 2.96. The lowest BCUT2D eigenvalue weighted by Crippen LogP contribution is -2.49. The largest absolute Gasteiger partial charge is 0.488 e.